The van der Waals surface area contributed by atoms with Crippen LogP contribution in [0, 0.1) is 0 Å². The first-order valence-corrected chi connectivity index (χ1v) is 9.89. The number of hydrogen-bond donors (Lipinski definition) is 2. The SMILES string of the molecule is COc1c(C(C)(C)C)cc(/C=C(\NC(=O)c2ccccc2)C(=O)O)cc1C(C)(C)C. The summed E-state index contributed by atoms with van der Waals surface area (Å²) in [6.07, 6.45) is 1.49. The Hall–Kier alpha value is -3.08. The molecule has 2 aromatic rings. The third-order valence-electron chi connectivity index (χ3n) is 4.76. The molecule has 0 unspecified atom stereocenters. The van der Waals surface area contributed by atoms with Crippen molar-refractivity contribution in [3.63, 3.8) is 0 Å². The molecule has 0 atom stereocenters. The van der Waals surface area contributed by atoms with Crippen LogP contribution in [-0.4, -0.2) is 24.1 Å². The summed E-state index contributed by atoms with van der Waals surface area (Å²) in [6, 6.07) is 12.4. The number of rotatable bonds is 5. The predicted molar refractivity (Wildman–Crippen MR) is 120 cm³/mol. The molecule has 0 saturated carbocycles. The molecule has 1 amide bonds. The normalized spacial score (nSPS) is 12.4. The van der Waals surface area contributed by atoms with Crippen LogP contribution in [0.25, 0.3) is 6.08 Å². The van der Waals surface area contributed by atoms with Crippen molar-refractivity contribution in [3.8, 4) is 5.75 Å². The van der Waals surface area contributed by atoms with E-state index in [1.54, 1.807) is 37.4 Å². The average Bonchev–Trinajstić information content (AvgIpc) is 2.65. The van der Waals surface area contributed by atoms with E-state index >= 15 is 0 Å². The summed E-state index contributed by atoms with van der Waals surface area (Å²) in [4.78, 5) is 24.3. The zero-order valence-corrected chi connectivity index (χ0v) is 18.8. The van der Waals surface area contributed by atoms with Crippen LogP contribution in [0.4, 0.5) is 0 Å². The van der Waals surface area contributed by atoms with Gasteiger partial charge in [0.2, 0.25) is 0 Å². The number of aliphatic carboxylic acids is 1. The Kier molecular flexibility index (Phi) is 6.76. The molecule has 0 spiro atoms. The molecule has 0 radical (unpaired) electrons. The van der Waals surface area contributed by atoms with Crippen molar-refractivity contribution >= 4 is 18.0 Å². The second-order valence-corrected chi connectivity index (χ2v) is 9.33. The number of carbonyl (C=O) groups excluding carboxylic acids is 1. The molecule has 0 saturated heterocycles. The summed E-state index contributed by atoms with van der Waals surface area (Å²) in [5.74, 6) is -0.869. The fourth-order valence-electron chi connectivity index (χ4n) is 3.17. The molecule has 0 aromatic heterocycles. The van der Waals surface area contributed by atoms with Gasteiger partial charge in [-0.25, -0.2) is 4.79 Å². The van der Waals surface area contributed by atoms with Gasteiger partial charge in [0, 0.05) is 16.7 Å². The summed E-state index contributed by atoms with van der Waals surface area (Å²) in [7, 11) is 1.65. The lowest BCUT2D eigenvalue weighted by Crippen LogP contribution is -2.27. The first kappa shape index (κ1) is 23.2. The van der Waals surface area contributed by atoms with Gasteiger partial charge >= 0.3 is 5.97 Å². The highest BCUT2D eigenvalue weighted by Gasteiger charge is 2.27. The zero-order chi connectivity index (χ0) is 22.7. The monoisotopic (exact) mass is 409 g/mol. The molecule has 0 bridgehead atoms. The maximum absolute atomic E-state index is 12.5. The van der Waals surface area contributed by atoms with Crippen molar-refractivity contribution in [1.29, 1.82) is 0 Å². The van der Waals surface area contributed by atoms with Crippen molar-refractivity contribution in [2.75, 3.05) is 7.11 Å². The second kappa shape index (κ2) is 8.74. The standard InChI is InChI=1S/C25H31NO4/c1-24(2,3)18-13-16(14-19(21(18)30-7)25(4,5)6)15-20(23(28)29)26-22(27)17-11-9-8-10-12-17/h8-15H,1-7H3,(H,26,27)(H,28,29)/b20-15-. The molecular weight excluding hydrogens is 378 g/mol. The fourth-order valence-corrected chi connectivity index (χ4v) is 3.17. The van der Waals surface area contributed by atoms with E-state index in [0.717, 1.165) is 16.9 Å². The number of ether oxygens (including phenoxy) is 1. The van der Waals surface area contributed by atoms with Gasteiger partial charge in [0.1, 0.15) is 11.4 Å². The van der Waals surface area contributed by atoms with Gasteiger partial charge in [0.05, 0.1) is 7.11 Å². The summed E-state index contributed by atoms with van der Waals surface area (Å²) in [5.41, 5.74) is 2.42. The molecule has 0 fully saturated rings. The van der Waals surface area contributed by atoms with Crippen LogP contribution in [0.15, 0.2) is 48.2 Å². The van der Waals surface area contributed by atoms with Gasteiger partial charge < -0.3 is 15.2 Å². The van der Waals surface area contributed by atoms with Gasteiger partial charge in [0.25, 0.3) is 5.91 Å². The first-order valence-electron chi connectivity index (χ1n) is 9.89. The molecule has 5 heteroatoms. The number of carbonyl (C=O) groups is 2. The maximum Gasteiger partial charge on any atom is 0.352 e. The van der Waals surface area contributed by atoms with Crippen molar-refractivity contribution in [2.45, 2.75) is 52.4 Å². The van der Waals surface area contributed by atoms with Gasteiger partial charge in [-0.2, -0.15) is 0 Å². The van der Waals surface area contributed by atoms with Gasteiger partial charge in [0.15, 0.2) is 0 Å². The molecule has 2 aromatic carbocycles. The summed E-state index contributed by atoms with van der Waals surface area (Å²) in [6.45, 7) is 12.5. The van der Waals surface area contributed by atoms with Gasteiger partial charge in [-0.05, 0) is 46.7 Å². The molecule has 30 heavy (non-hydrogen) atoms. The number of nitrogens with one attached hydrogen (secondary N) is 1. The molecule has 2 rings (SSSR count). The quantitative estimate of drug-likeness (QED) is 0.670. The predicted octanol–water partition coefficient (Wildman–Crippen LogP) is 5.15. The van der Waals surface area contributed by atoms with Crippen LogP contribution < -0.4 is 10.1 Å². The van der Waals surface area contributed by atoms with Crippen LogP contribution in [-0.2, 0) is 15.6 Å². The van der Waals surface area contributed by atoms with Crippen molar-refractivity contribution in [2.24, 2.45) is 0 Å². The topological polar surface area (TPSA) is 75.6 Å². The summed E-state index contributed by atoms with van der Waals surface area (Å²) >= 11 is 0. The maximum atomic E-state index is 12.5. The van der Waals surface area contributed by atoms with Crippen LogP contribution in [0.3, 0.4) is 0 Å². The summed E-state index contributed by atoms with van der Waals surface area (Å²) < 4.78 is 5.75. The minimum Gasteiger partial charge on any atom is -0.496 e. The smallest absolute Gasteiger partial charge is 0.352 e. The Morgan fingerprint density at radius 2 is 1.43 bits per heavy atom. The van der Waals surface area contributed by atoms with Gasteiger partial charge in [-0.3, -0.25) is 4.79 Å². The molecule has 0 aliphatic carbocycles. The lowest BCUT2D eigenvalue weighted by molar-refractivity contribution is -0.132. The minimum absolute atomic E-state index is 0.186. The van der Waals surface area contributed by atoms with Crippen LogP contribution in [0.1, 0.15) is 68.6 Å². The molecular formula is C25H31NO4. The van der Waals surface area contributed by atoms with Gasteiger partial charge in [-0.15, -0.1) is 0 Å². The number of hydrogen-bond acceptors (Lipinski definition) is 3. The molecule has 0 heterocycles. The van der Waals surface area contributed by atoms with Crippen LogP contribution in [0.2, 0.25) is 0 Å². The van der Waals surface area contributed by atoms with E-state index in [1.807, 2.05) is 12.1 Å². The Labute approximate surface area is 178 Å². The fraction of sp³-hybridized carbons (Fsp3) is 0.360. The second-order valence-electron chi connectivity index (χ2n) is 9.33. The molecule has 160 valence electrons. The van der Waals surface area contributed by atoms with Crippen molar-refractivity contribution < 1.29 is 19.4 Å². The average molecular weight is 410 g/mol. The third-order valence-corrected chi connectivity index (χ3v) is 4.76. The lowest BCUT2D eigenvalue weighted by atomic mass is 9.78. The Balaban J connectivity index is 2.60. The van der Waals surface area contributed by atoms with E-state index in [9.17, 15) is 14.7 Å². The van der Waals surface area contributed by atoms with Crippen LogP contribution in [0.5, 0.6) is 5.75 Å². The Bertz CT molecular complexity index is 926. The van der Waals surface area contributed by atoms with Crippen molar-refractivity contribution in [1.82, 2.24) is 5.32 Å². The number of carboxylic acid groups (broad SMARTS) is 1. The van der Waals surface area contributed by atoms with Crippen LogP contribution >= 0.6 is 0 Å². The first-order chi connectivity index (χ1) is 13.8. The van der Waals surface area contributed by atoms with E-state index < -0.39 is 11.9 Å². The lowest BCUT2D eigenvalue weighted by Gasteiger charge is -2.29. The highest BCUT2D eigenvalue weighted by molar-refractivity contribution is 6.02. The third kappa shape index (κ3) is 5.50. The minimum atomic E-state index is -1.20. The molecule has 2 N–H and O–H groups in total. The number of methoxy groups -OCH3 is 1. The largest absolute Gasteiger partial charge is 0.496 e. The van der Waals surface area contributed by atoms with Crippen molar-refractivity contribution in [3.05, 3.63) is 70.4 Å². The molecule has 0 aliphatic heterocycles. The van der Waals surface area contributed by atoms with Gasteiger partial charge in [-0.1, -0.05) is 59.7 Å². The van der Waals surface area contributed by atoms with E-state index in [-0.39, 0.29) is 16.5 Å². The number of carboxylic acids is 1. The highest BCUT2D eigenvalue weighted by atomic mass is 16.5. The number of benzene rings is 2. The van der Waals surface area contributed by atoms with E-state index in [4.69, 9.17) is 4.74 Å². The highest BCUT2D eigenvalue weighted by Crippen LogP contribution is 2.40. The molecule has 0 aliphatic rings. The van der Waals surface area contributed by atoms with E-state index in [0.29, 0.717) is 11.1 Å². The number of amides is 1. The molecule has 5 nitrogen and oxygen atoms in total. The van der Waals surface area contributed by atoms with E-state index in [2.05, 4.69) is 46.9 Å². The Morgan fingerprint density at radius 3 is 1.83 bits per heavy atom. The van der Waals surface area contributed by atoms with E-state index in [1.165, 1.54) is 6.08 Å². The summed E-state index contributed by atoms with van der Waals surface area (Å²) in [5, 5.41) is 12.2. The zero-order valence-electron chi connectivity index (χ0n) is 18.8. The Morgan fingerprint density at radius 1 is 0.933 bits per heavy atom.